The lowest BCUT2D eigenvalue weighted by molar-refractivity contribution is 0.162. The Labute approximate surface area is 97.8 Å². The van der Waals surface area contributed by atoms with Gasteiger partial charge in [0.15, 0.2) is 0 Å². The third-order valence-electron chi connectivity index (χ3n) is 0.743. The molecule has 0 aliphatic rings. The van der Waals surface area contributed by atoms with Crippen LogP contribution in [0.5, 0.6) is 0 Å². The molecular formula is C9H22O6S. The van der Waals surface area contributed by atoms with E-state index in [0.717, 1.165) is 13.2 Å². The topological polar surface area (TPSA) is 93.1 Å². The Morgan fingerprint density at radius 2 is 1.62 bits per heavy atom. The highest BCUT2D eigenvalue weighted by atomic mass is 32.3. The van der Waals surface area contributed by atoms with Crippen molar-refractivity contribution in [2.45, 2.75) is 20.8 Å². The van der Waals surface area contributed by atoms with E-state index in [2.05, 4.69) is 10.8 Å². The lowest BCUT2D eigenvalue weighted by atomic mass is 10.7. The molecule has 0 rings (SSSR count). The third kappa shape index (κ3) is 49.8. The maximum absolute atomic E-state index is 9.68. The van der Waals surface area contributed by atoms with Crippen LogP contribution < -0.4 is 0 Å². The van der Waals surface area contributed by atoms with E-state index >= 15 is 0 Å². The van der Waals surface area contributed by atoms with E-state index in [0.29, 0.717) is 0 Å². The summed E-state index contributed by atoms with van der Waals surface area (Å²) in [5, 5.41) is 7.57. The van der Waals surface area contributed by atoms with Crippen LogP contribution in [0.25, 0.3) is 0 Å². The summed E-state index contributed by atoms with van der Waals surface area (Å²) in [4.78, 5) is 0. The van der Waals surface area contributed by atoms with Gasteiger partial charge < -0.3 is 9.84 Å². The van der Waals surface area contributed by atoms with E-state index in [9.17, 15) is 8.42 Å². The molecule has 0 fully saturated rings. The Balaban J connectivity index is -0.000000181. The zero-order chi connectivity index (χ0) is 13.4. The summed E-state index contributed by atoms with van der Waals surface area (Å²) in [6, 6.07) is 0. The fourth-order valence-corrected chi connectivity index (χ4v) is 0.606. The summed E-state index contributed by atoms with van der Waals surface area (Å²) in [5.41, 5.74) is 0. The first-order valence-electron chi connectivity index (χ1n) is 4.80. The molecule has 0 bridgehead atoms. The summed E-state index contributed by atoms with van der Waals surface area (Å²) in [7, 11) is -4.26. The van der Waals surface area contributed by atoms with Crippen molar-refractivity contribution in [3.05, 3.63) is 12.7 Å². The number of hydrogen-bond acceptors (Lipinski definition) is 5. The van der Waals surface area contributed by atoms with Crippen molar-refractivity contribution in [3.8, 4) is 0 Å². The van der Waals surface area contributed by atoms with Gasteiger partial charge in [-0.05, 0) is 20.8 Å². The molecule has 7 heteroatoms. The van der Waals surface area contributed by atoms with Gasteiger partial charge in [-0.1, -0.05) is 6.08 Å². The molecule has 2 N–H and O–H groups in total. The third-order valence-corrected chi connectivity index (χ3v) is 1.18. The minimum absolute atomic E-state index is 0.196. The Bertz CT molecular complexity index is 210. The molecule has 0 saturated heterocycles. The highest BCUT2D eigenvalue weighted by Crippen LogP contribution is 1.83. The standard InChI is InChI=1S/C4H10O.C3H6O4S.C2H6O/c1-3-5-4-2;1-2-3-7-8(4,5)6;1-2-3/h3-4H2,1-2H3;2H,1,3H2,(H,4,5,6);3H,2H2,1H3. The molecule has 0 aromatic carbocycles. The quantitative estimate of drug-likeness (QED) is 0.565. The van der Waals surface area contributed by atoms with Gasteiger partial charge in [0.05, 0.1) is 6.61 Å². The predicted octanol–water partition coefficient (Wildman–Crippen LogP) is 1.03. The first-order chi connectivity index (χ1) is 7.39. The highest BCUT2D eigenvalue weighted by Gasteiger charge is 1.99. The summed E-state index contributed by atoms with van der Waals surface area (Å²) in [6.07, 6.45) is 1.22. The fourth-order valence-electron chi connectivity index (χ4n) is 0.338. The van der Waals surface area contributed by atoms with E-state index in [1.807, 2.05) is 13.8 Å². The number of aliphatic hydroxyl groups is 1. The maximum Gasteiger partial charge on any atom is 0.397 e. The van der Waals surface area contributed by atoms with Crippen LogP contribution in [0.3, 0.4) is 0 Å². The van der Waals surface area contributed by atoms with Crippen molar-refractivity contribution in [3.63, 3.8) is 0 Å². The molecule has 0 aromatic heterocycles. The van der Waals surface area contributed by atoms with E-state index in [4.69, 9.17) is 14.4 Å². The second-order valence-electron chi connectivity index (χ2n) is 2.10. The van der Waals surface area contributed by atoms with Crippen LogP contribution in [-0.2, 0) is 19.3 Å². The lowest BCUT2D eigenvalue weighted by Gasteiger charge is -1.90. The van der Waals surface area contributed by atoms with Gasteiger partial charge in [-0.25, -0.2) is 4.18 Å². The monoisotopic (exact) mass is 258 g/mol. The Hall–Kier alpha value is -0.470. The predicted molar refractivity (Wildman–Crippen MR) is 62.6 cm³/mol. The average Bonchev–Trinajstić information content (AvgIpc) is 2.17. The smallest absolute Gasteiger partial charge is 0.397 e. The summed E-state index contributed by atoms with van der Waals surface area (Å²) in [5.74, 6) is 0. The van der Waals surface area contributed by atoms with E-state index < -0.39 is 10.4 Å². The Morgan fingerprint density at radius 1 is 1.25 bits per heavy atom. The fraction of sp³-hybridized carbons (Fsp3) is 0.778. The van der Waals surface area contributed by atoms with Crippen LogP contribution in [0.4, 0.5) is 0 Å². The molecule has 16 heavy (non-hydrogen) atoms. The first-order valence-corrected chi connectivity index (χ1v) is 6.17. The molecule has 0 atom stereocenters. The van der Waals surface area contributed by atoms with Gasteiger partial charge >= 0.3 is 10.4 Å². The minimum atomic E-state index is -4.26. The highest BCUT2D eigenvalue weighted by molar-refractivity contribution is 7.80. The zero-order valence-electron chi connectivity index (χ0n) is 10.0. The van der Waals surface area contributed by atoms with Crippen LogP contribution in [0.1, 0.15) is 20.8 Å². The average molecular weight is 258 g/mol. The van der Waals surface area contributed by atoms with Crippen molar-refractivity contribution in [1.29, 1.82) is 0 Å². The van der Waals surface area contributed by atoms with Crippen LogP contribution in [0, 0.1) is 0 Å². The van der Waals surface area contributed by atoms with Crippen LogP contribution in [0.2, 0.25) is 0 Å². The van der Waals surface area contributed by atoms with Gasteiger partial charge in [-0.15, -0.1) is 6.58 Å². The van der Waals surface area contributed by atoms with E-state index in [1.54, 1.807) is 6.92 Å². The molecule has 0 unspecified atom stereocenters. The molecular weight excluding hydrogens is 236 g/mol. The lowest BCUT2D eigenvalue weighted by Crippen LogP contribution is -2.02. The van der Waals surface area contributed by atoms with Crippen molar-refractivity contribution >= 4 is 10.4 Å². The normalized spacial score (nSPS) is 9.31. The van der Waals surface area contributed by atoms with Gasteiger partial charge in [0.2, 0.25) is 0 Å². The van der Waals surface area contributed by atoms with Crippen LogP contribution >= 0.6 is 0 Å². The largest absolute Gasteiger partial charge is 0.397 e. The Kier molecular flexibility index (Phi) is 22.1. The molecule has 100 valence electrons. The van der Waals surface area contributed by atoms with Crippen LogP contribution in [0.15, 0.2) is 12.7 Å². The van der Waals surface area contributed by atoms with Crippen molar-refractivity contribution in [2.75, 3.05) is 26.4 Å². The molecule has 0 heterocycles. The van der Waals surface area contributed by atoms with Crippen molar-refractivity contribution in [1.82, 2.24) is 0 Å². The van der Waals surface area contributed by atoms with E-state index in [-0.39, 0.29) is 13.2 Å². The van der Waals surface area contributed by atoms with Crippen molar-refractivity contribution < 1.29 is 27.0 Å². The zero-order valence-corrected chi connectivity index (χ0v) is 10.9. The summed E-state index contributed by atoms with van der Waals surface area (Å²) in [6.45, 7) is 10.6. The molecule has 0 aromatic rings. The van der Waals surface area contributed by atoms with Crippen LogP contribution in [-0.4, -0.2) is 44.5 Å². The molecule has 0 aliphatic carbocycles. The number of hydrogen-bond donors (Lipinski definition) is 2. The Morgan fingerprint density at radius 3 is 1.69 bits per heavy atom. The van der Waals surface area contributed by atoms with Gasteiger partial charge in [-0.2, -0.15) is 8.42 Å². The number of rotatable bonds is 5. The molecule has 0 saturated carbocycles. The van der Waals surface area contributed by atoms with Gasteiger partial charge in [-0.3, -0.25) is 4.55 Å². The van der Waals surface area contributed by atoms with Gasteiger partial charge in [0, 0.05) is 19.8 Å². The van der Waals surface area contributed by atoms with Gasteiger partial charge in [0.25, 0.3) is 0 Å². The molecule has 0 spiro atoms. The molecule has 0 radical (unpaired) electrons. The van der Waals surface area contributed by atoms with Gasteiger partial charge in [0.1, 0.15) is 0 Å². The maximum atomic E-state index is 9.68. The first kappa shape index (κ1) is 20.9. The summed E-state index contributed by atoms with van der Waals surface area (Å²) >= 11 is 0. The minimum Gasteiger partial charge on any atom is -0.397 e. The number of ether oxygens (including phenoxy) is 1. The molecule has 0 aliphatic heterocycles. The number of aliphatic hydroxyl groups excluding tert-OH is 1. The molecule has 6 nitrogen and oxygen atoms in total. The molecule has 0 amide bonds. The van der Waals surface area contributed by atoms with E-state index in [1.165, 1.54) is 6.08 Å². The summed E-state index contributed by atoms with van der Waals surface area (Å²) < 4.78 is 35.8. The second-order valence-corrected chi connectivity index (χ2v) is 3.19. The second kappa shape index (κ2) is 16.9. The van der Waals surface area contributed by atoms with Crippen molar-refractivity contribution in [2.24, 2.45) is 0 Å². The SMILES string of the molecule is C=CCOS(=O)(=O)O.CCO.CCOCC.